The van der Waals surface area contributed by atoms with Crippen LogP contribution >= 0.6 is 39.7 Å². The Balaban J connectivity index is 0.00000242. The van der Waals surface area contributed by atoms with Crippen molar-refractivity contribution in [2.75, 3.05) is 18.9 Å². The van der Waals surface area contributed by atoms with E-state index in [4.69, 9.17) is 0 Å². The van der Waals surface area contributed by atoms with Crippen molar-refractivity contribution in [3.05, 3.63) is 33.6 Å². The largest absolute Gasteiger partial charge is 0.319 e. The molecule has 2 aromatic rings. The molecule has 0 saturated carbocycles. The third-order valence-corrected chi connectivity index (χ3v) is 4.52. The molecular formula is C15H19BrClN3OS. The van der Waals surface area contributed by atoms with Gasteiger partial charge in [-0.1, -0.05) is 35.0 Å². The van der Waals surface area contributed by atoms with E-state index >= 15 is 0 Å². The summed E-state index contributed by atoms with van der Waals surface area (Å²) < 4.78 is 1.04. The summed E-state index contributed by atoms with van der Waals surface area (Å²) in [6, 6.07) is 8.01. The molecule has 1 aromatic heterocycles. The highest BCUT2D eigenvalue weighted by Gasteiger charge is 2.16. The minimum atomic E-state index is -0.0877. The number of aromatic nitrogens is 1. The van der Waals surface area contributed by atoms with Crippen LogP contribution in [0.15, 0.2) is 28.7 Å². The Hall–Kier alpha value is -0.950. The van der Waals surface area contributed by atoms with E-state index in [1.807, 2.05) is 45.2 Å². The molecule has 22 heavy (non-hydrogen) atoms. The van der Waals surface area contributed by atoms with Crippen molar-refractivity contribution in [2.45, 2.75) is 13.8 Å². The Morgan fingerprint density at radius 2 is 2.00 bits per heavy atom. The number of benzene rings is 1. The molecule has 120 valence electrons. The Kier molecular flexibility index (Phi) is 7.48. The van der Waals surface area contributed by atoms with Gasteiger partial charge in [0, 0.05) is 27.4 Å². The molecule has 0 saturated heterocycles. The molecule has 2 N–H and O–H groups in total. The predicted octanol–water partition coefficient (Wildman–Crippen LogP) is 4.10. The topological polar surface area (TPSA) is 54.0 Å². The van der Waals surface area contributed by atoms with E-state index in [2.05, 4.69) is 31.5 Å². The van der Waals surface area contributed by atoms with Crippen LogP contribution < -0.4 is 10.6 Å². The van der Waals surface area contributed by atoms with Crippen molar-refractivity contribution in [2.24, 2.45) is 5.92 Å². The molecule has 2 rings (SSSR count). The van der Waals surface area contributed by atoms with E-state index in [-0.39, 0.29) is 24.2 Å². The third kappa shape index (κ3) is 4.78. The molecule has 0 aliphatic carbocycles. The molecule has 7 heteroatoms. The van der Waals surface area contributed by atoms with Gasteiger partial charge in [-0.05, 0) is 26.1 Å². The standard InChI is InChI=1S/C15H18BrN3OS.ClH/c1-9(8-17-3)14(20)19-15-18-13(10(2)21-15)11-4-6-12(16)7-5-11;/h4-7,9,17H,8H2,1-3H3,(H,18,19,20);1H. The number of nitrogens with one attached hydrogen (secondary N) is 2. The van der Waals surface area contributed by atoms with Crippen LogP contribution in [0.1, 0.15) is 11.8 Å². The van der Waals surface area contributed by atoms with Gasteiger partial charge in [-0.2, -0.15) is 0 Å². The molecule has 0 spiro atoms. The Labute approximate surface area is 149 Å². The average molecular weight is 405 g/mol. The number of thiazole rings is 1. The highest BCUT2D eigenvalue weighted by atomic mass is 79.9. The molecule has 1 aromatic carbocycles. The number of anilines is 1. The fraction of sp³-hybridized carbons (Fsp3) is 0.333. The van der Waals surface area contributed by atoms with Gasteiger partial charge in [-0.3, -0.25) is 4.79 Å². The van der Waals surface area contributed by atoms with E-state index in [1.165, 1.54) is 11.3 Å². The quantitative estimate of drug-likeness (QED) is 0.789. The van der Waals surface area contributed by atoms with Gasteiger partial charge < -0.3 is 10.6 Å². The maximum Gasteiger partial charge on any atom is 0.230 e. The zero-order chi connectivity index (χ0) is 15.4. The molecule has 1 atom stereocenters. The minimum absolute atomic E-state index is 0. The third-order valence-electron chi connectivity index (χ3n) is 3.10. The number of hydrogen-bond acceptors (Lipinski definition) is 4. The van der Waals surface area contributed by atoms with Gasteiger partial charge in [0.2, 0.25) is 5.91 Å². The summed E-state index contributed by atoms with van der Waals surface area (Å²) >= 11 is 4.93. The Bertz CT molecular complexity index is 630. The zero-order valence-corrected chi connectivity index (χ0v) is 15.9. The van der Waals surface area contributed by atoms with Gasteiger partial charge >= 0.3 is 0 Å². The second kappa shape index (κ2) is 8.62. The lowest BCUT2D eigenvalue weighted by atomic mass is 10.1. The molecule has 1 unspecified atom stereocenters. The summed E-state index contributed by atoms with van der Waals surface area (Å²) in [4.78, 5) is 17.6. The van der Waals surface area contributed by atoms with Crippen LogP contribution in [0.3, 0.4) is 0 Å². The van der Waals surface area contributed by atoms with Crippen molar-refractivity contribution in [1.82, 2.24) is 10.3 Å². The highest BCUT2D eigenvalue weighted by molar-refractivity contribution is 9.10. The molecule has 0 radical (unpaired) electrons. The first-order valence-corrected chi connectivity index (χ1v) is 8.31. The van der Waals surface area contributed by atoms with Gasteiger partial charge in [0.25, 0.3) is 0 Å². The first kappa shape index (κ1) is 19.1. The monoisotopic (exact) mass is 403 g/mol. The molecule has 1 heterocycles. The first-order chi connectivity index (χ1) is 10.0. The SMILES string of the molecule is CNCC(C)C(=O)Nc1nc(-c2ccc(Br)cc2)c(C)s1.Cl. The Morgan fingerprint density at radius 1 is 1.36 bits per heavy atom. The van der Waals surface area contributed by atoms with E-state index in [9.17, 15) is 4.79 Å². The smallest absolute Gasteiger partial charge is 0.230 e. The number of aryl methyl sites for hydroxylation is 1. The number of halogens is 2. The van der Waals surface area contributed by atoms with Crippen LogP contribution in [-0.2, 0) is 4.79 Å². The lowest BCUT2D eigenvalue weighted by Gasteiger charge is -2.09. The van der Waals surface area contributed by atoms with Crippen molar-refractivity contribution in [1.29, 1.82) is 0 Å². The van der Waals surface area contributed by atoms with Gasteiger partial charge in [-0.25, -0.2) is 4.98 Å². The second-order valence-corrected chi connectivity index (χ2v) is 7.00. The van der Waals surface area contributed by atoms with Gasteiger partial charge in [-0.15, -0.1) is 23.7 Å². The highest BCUT2D eigenvalue weighted by Crippen LogP contribution is 2.31. The normalized spacial score (nSPS) is 11.6. The van der Waals surface area contributed by atoms with Crippen molar-refractivity contribution < 1.29 is 4.79 Å². The number of carbonyl (C=O) groups is 1. The van der Waals surface area contributed by atoms with Crippen LogP contribution in [0.2, 0.25) is 0 Å². The lowest BCUT2D eigenvalue weighted by Crippen LogP contribution is -2.28. The number of carbonyl (C=O) groups excluding carboxylic acids is 1. The van der Waals surface area contributed by atoms with Crippen molar-refractivity contribution in [3.63, 3.8) is 0 Å². The molecular weight excluding hydrogens is 386 g/mol. The van der Waals surface area contributed by atoms with Gasteiger partial charge in [0.1, 0.15) is 0 Å². The average Bonchev–Trinajstić information content (AvgIpc) is 2.80. The molecule has 0 bridgehead atoms. The molecule has 4 nitrogen and oxygen atoms in total. The second-order valence-electron chi connectivity index (χ2n) is 4.88. The number of amides is 1. The number of nitrogens with zero attached hydrogens (tertiary/aromatic N) is 1. The molecule has 0 aliphatic heterocycles. The van der Waals surface area contributed by atoms with Crippen LogP contribution in [0.5, 0.6) is 0 Å². The van der Waals surface area contributed by atoms with Crippen molar-refractivity contribution in [3.8, 4) is 11.3 Å². The van der Waals surface area contributed by atoms with Crippen LogP contribution in [0.4, 0.5) is 5.13 Å². The van der Waals surface area contributed by atoms with E-state index in [1.54, 1.807) is 0 Å². The lowest BCUT2D eigenvalue weighted by molar-refractivity contribution is -0.119. The van der Waals surface area contributed by atoms with Crippen LogP contribution in [0, 0.1) is 12.8 Å². The number of rotatable bonds is 5. The maximum atomic E-state index is 12.0. The summed E-state index contributed by atoms with van der Waals surface area (Å²) in [6.07, 6.45) is 0. The van der Waals surface area contributed by atoms with E-state index < -0.39 is 0 Å². The fourth-order valence-corrected chi connectivity index (χ4v) is 3.06. The molecule has 1 amide bonds. The summed E-state index contributed by atoms with van der Waals surface area (Å²) in [6.45, 7) is 4.55. The van der Waals surface area contributed by atoms with Crippen LogP contribution in [-0.4, -0.2) is 24.5 Å². The van der Waals surface area contributed by atoms with Crippen molar-refractivity contribution >= 4 is 50.7 Å². The molecule has 0 aliphatic rings. The fourth-order valence-electron chi connectivity index (χ4n) is 1.95. The predicted molar refractivity (Wildman–Crippen MR) is 99.0 cm³/mol. The summed E-state index contributed by atoms with van der Waals surface area (Å²) in [7, 11) is 1.84. The van der Waals surface area contributed by atoms with E-state index in [0.29, 0.717) is 11.7 Å². The van der Waals surface area contributed by atoms with Gasteiger partial charge in [0.15, 0.2) is 5.13 Å². The summed E-state index contributed by atoms with van der Waals surface area (Å²) in [5, 5.41) is 6.54. The maximum absolute atomic E-state index is 12.0. The summed E-state index contributed by atoms with van der Waals surface area (Å²) in [5.41, 5.74) is 1.97. The van der Waals surface area contributed by atoms with Crippen LogP contribution in [0.25, 0.3) is 11.3 Å². The number of hydrogen-bond donors (Lipinski definition) is 2. The Morgan fingerprint density at radius 3 is 2.59 bits per heavy atom. The van der Waals surface area contributed by atoms with Gasteiger partial charge in [0.05, 0.1) is 5.69 Å². The van der Waals surface area contributed by atoms with E-state index in [0.717, 1.165) is 20.6 Å². The first-order valence-electron chi connectivity index (χ1n) is 6.70. The zero-order valence-electron chi connectivity index (χ0n) is 12.6. The minimum Gasteiger partial charge on any atom is -0.319 e. The summed E-state index contributed by atoms with van der Waals surface area (Å²) in [5.74, 6) is -0.101. The molecule has 0 fully saturated rings.